The van der Waals surface area contributed by atoms with E-state index in [9.17, 15) is 9.59 Å². The Balaban J connectivity index is 1.13. The molecule has 3 N–H and O–H groups in total. The molecule has 3 aliphatic heterocycles. The van der Waals surface area contributed by atoms with Gasteiger partial charge in [0, 0.05) is 40.8 Å². The van der Waals surface area contributed by atoms with Gasteiger partial charge in [-0.25, -0.2) is 0 Å². The Hall–Kier alpha value is -2.32. The van der Waals surface area contributed by atoms with Crippen molar-refractivity contribution in [2.75, 3.05) is 19.7 Å². The van der Waals surface area contributed by atoms with Crippen LogP contribution in [-0.2, 0) is 11.3 Å². The summed E-state index contributed by atoms with van der Waals surface area (Å²) in [4.78, 5) is 28.3. The Bertz CT molecular complexity index is 1090. The third kappa shape index (κ3) is 6.77. The van der Waals surface area contributed by atoms with Gasteiger partial charge in [0.1, 0.15) is 5.75 Å². The number of hydrogen-bond donors (Lipinski definition) is 3. The van der Waals surface area contributed by atoms with E-state index in [-0.39, 0.29) is 30.5 Å². The quantitative estimate of drug-likeness (QED) is 0.464. The minimum Gasteiger partial charge on any atom is -0.483 e. The van der Waals surface area contributed by atoms with Gasteiger partial charge in [0.05, 0.1) is 5.56 Å². The molecule has 2 aromatic carbocycles. The van der Waals surface area contributed by atoms with E-state index in [0.29, 0.717) is 28.4 Å². The zero-order valence-corrected chi connectivity index (χ0v) is 22.4. The van der Waals surface area contributed by atoms with Crippen LogP contribution in [0.5, 0.6) is 5.75 Å². The maximum absolute atomic E-state index is 12.9. The average Bonchev–Trinajstić information content (AvgIpc) is 3.12. The van der Waals surface area contributed by atoms with Crippen LogP contribution in [0, 0.1) is 0 Å². The number of fused-ring (bicyclic) bond motifs is 2. The number of hydrogen-bond acceptors (Lipinski definition) is 5. The van der Waals surface area contributed by atoms with E-state index in [2.05, 4.69) is 33.0 Å². The summed E-state index contributed by atoms with van der Waals surface area (Å²) in [6.07, 6.45) is 5.93. The zero-order valence-electron chi connectivity index (χ0n) is 20.8. The van der Waals surface area contributed by atoms with Gasteiger partial charge < -0.3 is 20.7 Å². The van der Waals surface area contributed by atoms with Gasteiger partial charge in [0.2, 0.25) is 0 Å². The van der Waals surface area contributed by atoms with Crippen LogP contribution in [0.25, 0.3) is 0 Å². The van der Waals surface area contributed by atoms with E-state index in [0.717, 1.165) is 63.2 Å². The monoisotopic (exact) mass is 544 g/mol. The number of piperidine rings is 2. The van der Waals surface area contributed by atoms with Gasteiger partial charge in [-0.3, -0.25) is 14.5 Å². The Kier molecular flexibility index (Phi) is 8.55. The van der Waals surface area contributed by atoms with Crippen LogP contribution >= 0.6 is 23.2 Å². The third-order valence-corrected chi connectivity index (χ3v) is 8.23. The van der Waals surface area contributed by atoms with Gasteiger partial charge in [-0.15, -0.1) is 0 Å². The fourth-order valence-electron chi connectivity index (χ4n) is 5.90. The van der Waals surface area contributed by atoms with E-state index in [1.165, 1.54) is 5.56 Å². The van der Waals surface area contributed by atoms with Gasteiger partial charge in [0.25, 0.3) is 11.8 Å². The van der Waals surface area contributed by atoms with Crippen LogP contribution in [0.3, 0.4) is 0 Å². The number of nitrogens with zero attached hydrogens (tertiary/aromatic N) is 1. The number of nitrogens with one attached hydrogen (secondary N) is 3. The Labute approximate surface area is 228 Å². The summed E-state index contributed by atoms with van der Waals surface area (Å²) < 4.78 is 5.82. The molecule has 0 spiro atoms. The number of halogens is 2. The van der Waals surface area contributed by atoms with Crippen LogP contribution in [0.2, 0.25) is 10.0 Å². The molecular formula is C28H34Cl2N4O3. The van der Waals surface area contributed by atoms with E-state index < -0.39 is 0 Å². The fourth-order valence-corrected chi connectivity index (χ4v) is 6.20. The van der Waals surface area contributed by atoms with Crippen molar-refractivity contribution in [3.8, 4) is 5.75 Å². The van der Waals surface area contributed by atoms with Crippen molar-refractivity contribution in [2.45, 2.75) is 69.2 Å². The Morgan fingerprint density at radius 2 is 1.57 bits per heavy atom. The van der Waals surface area contributed by atoms with Crippen LogP contribution in [0.1, 0.15) is 54.4 Å². The topological polar surface area (TPSA) is 82.7 Å². The van der Waals surface area contributed by atoms with E-state index in [1.54, 1.807) is 18.2 Å². The lowest BCUT2D eigenvalue weighted by atomic mass is 9.96. The largest absolute Gasteiger partial charge is 0.483 e. The number of benzene rings is 2. The van der Waals surface area contributed by atoms with Gasteiger partial charge >= 0.3 is 0 Å². The molecule has 2 bridgehead atoms. The summed E-state index contributed by atoms with van der Waals surface area (Å²) in [6, 6.07) is 14.1. The highest BCUT2D eigenvalue weighted by molar-refractivity contribution is 6.31. The second-order valence-corrected chi connectivity index (χ2v) is 11.2. The number of carbonyl (C=O) groups excluding carboxylic acids is 2. The minimum atomic E-state index is -0.227. The van der Waals surface area contributed by atoms with Gasteiger partial charge in [-0.05, 0) is 87.5 Å². The highest BCUT2D eigenvalue weighted by Crippen LogP contribution is 2.37. The molecule has 7 nitrogen and oxygen atoms in total. The molecule has 2 unspecified atom stereocenters. The second kappa shape index (κ2) is 12.0. The summed E-state index contributed by atoms with van der Waals surface area (Å²) in [6.45, 7) is 2.53. The Morgan fingerprint density at radius 1 is 0.892 bits per heavy atom. The maximum atomic E-state index is 12.9. The van der Waals surface area contributed by atoms with Gasteiger partial charge in [0.15, 0.2) is 6.61 Å². The van der Waals surface area contributed by atoms with Crippen molar-refractivity contribution in [3.63, 3.8) is 0 Å². The normalized spacial score (nSPS) is 24.0. The standard InChI is InChI=1S/C28H34Cl2N4O3/c29-19-3-1-18(2-4-19)16-34-23-6-7-24(34)15-22(14-23)32-27(35)17-37-26-8-5-20(30)13-25(26)28(36)33-21-9-11-31-12-10-21/h1-5,8,13,21-24,31H,6-7,9-12,14-17H2,(H,32,35)(H,33,36). The smallest absolute Gasteiger partial charge is 0.258 e. The number of rotatable bonds is 8. The predicted octanol–water partition coefficient (Wildman–Crippen LogP) is 4.17. The lowest BCUT2D eigenvalue weighted by molar-refractivity contribution is -0.124. The lowest BCUT2D eigenvalue weighted by Crippen LogP contribution is -2.50. The molecule has 0 aliphatic carbocycles. The maximum Gasteiger partial charge on any atom is 0.258 e. The van der Waals surface area contributed by atoms with Gasteiger partial charge in [-0.1, -0.05) is 35.3 Å². The first-order chi connectivity index (χ1) is 17.9. The molecule has 0 radical (unpaired) electrons. The van der Waals surface area contributed by atoms with Crippen molar-refractivity contribution in [1.29, 1.82) is 0 Å². The first-order valence-corrected chi connectivity index (χ1v) is 13.9. The molecule has 5 rings (SSSR count). The number of ether oxygens (including phenoxy) is 1. The molecule has 2 atom stereocenters. The van der Waals surface area contributed by atoms with Crippen molar-refractivity contribution in [3.05, 3.63) is 63.6 Å². The molecule has 3 aliphatic rings. The van der Waals surface area contributed by atoms with Crippen LogP contribution < -0.4 is 20.7 Å². The predicted molar refractivity (Wildman–Crippen MR) is 145 cm³/mol. The lowest BCUT2D eigenvalue weighted by Gasteiger charge is -2.39. The van der Waals surface area contributed by atoms with Crippen molar-refractivity contribution in [1.82, 2.24) is 20.9 Å². The summed E-state index contributed by atoms with van der Waals surface area (Å²) in [5.74, 6) is -0.0338. The molecule has 198 valence electrons. The fraction of sp³-hybridized carbons (Fsp3) is 0.500. The second-order valence-electron chi connectivity index (χ2n) is 10.3. The summed E-state index contributed by atoms with van der Waals surface area (Å²) in [5, 5.41) is 10.7. The molecule has 2 aromatic rings. The van der Waals surface area contributed by atoms with E-state index in [4.69, 9.17) is 27.9 Å². The van der Waals surface area contributed by atoms with E-state index >= 15 is 0 Å². The highest BCUT2D eigenvalue weighted by Gasteiger charge is 2.40. The summed E-state index contributed by atoms with van der Waals surface area (Å²) >= 11 is 12.2. The molecule has 3 fully saturated rings. The SMILES string of the molecule is O=C(COc1ccc(Cl)cc1C(=O)NC1CCNCC1)NC1CC2CCC(C1)N2Cc1ccc(Cl)cc1. The first-order valence-electron chi connectivity index (χ1n) is 13.2. The molecular weight excluding hydrogens is 511 g/mol. The molecule has 9 heteroatoms. The Morgan fingerprint density at radius 3 is 2.27 bits per heavy atom. The molecule has 37 heavy (non-hydrogen) atoms. The van der Waals surface area contributed by atoms with Crippen molar-refractivity contribution < 1.29 is 14.3 Å². The summed E-state index contributed by atoms with van der Waals surface area (Å²) in [7, 11) is 0. The average molecular weight is 546 g/mol. The van der Waals surface area contributed by atoms with Crippen LogP contribution in [0.15, 0.2) is 42.5 Å². The minimum absolute atomic E-state index is 0.116. The van der Waals surface area contributed by atoms with E-state index in [1.807, 2.05) is 12.1 Å². The molecule has 3 saturated heterocycles. The highest BCUT2D eigenvalue weighted by atomic mass is 35.5. The zero-order chi connectivity index (χ0) is 25.8. The third-order valence-electron chi connectivity index (χ3n) is 7.75. The first kappa shape index (κ1) is 26.3. The van der Waals surface area contributed by atoms with Gasteiger partial charge in [-0.2, -0.15) is 0 Å². The molecule has 0 saturated carbocycles. The van der Waals surface area contributed by atoms with Crippen LogP contribution in [-0.4, -0.2) is 60.6 Å². The van der Waals surface area contributed by atoms with Crippen LogP contribution in [0.4, 0.5) is 0 Å². The molecule has 3 heterocycles. The summed E-state index contributed by atoms with van der Waals surface area (Å²) in [5.41, 5.74) is 1.62. The van der Waals surface area contributed by atoms with Crippen molar-refractivity contribution >= 4 is 35.0 Å². The molecule has 2 amide bonds. The van der Waals surface area contributed by atoms with Crippen molar-refractivity contribution in [2.24, 2.45) is 0 Å². The molecule has 0 aromatic heterocycles. The number of amides is 2. The number of carbonyl (C=O) groups is 2.